The van der Waals surface area contributed by atoms with Crippen LogP contribution in [-0.2, 0) is 32.6 Å². The van der Waals surface area contributed by atoms with Crippen LogP contribution in [0.2, 0.25) is 5.02 Å². The Bertz CT molecular complexity index is 1410. The standard InChI is InChI=1S/C31H36ClN3O4S/c1-3-25-11-7-10-16-29(25)35(40(38,39)28-14-5-4-6-15-28)22-30(36)34(21-24-17-19-26(32)20-18-24)23(2)31(37)33-27-12-8-9-13-27/h4-7,10-11,14-20,23,27H,3,8-9,12-13,21-22H2,1-2H3,(H,33,37)/t23-/m0/s1. The molecule has 9 heteroatoms. The van der Waals surface area contributed by atoms with Gasteiger partial charge in [-0.25, -0.2) is 8.42 Å². The summed E-state index contributed by atoms with van der Waals surface area (Å²) in [5, 5.41) is 3.64. The van der Waals surface area contributed by atoms with Crippen LogP contribution in [0.25, 0.3) is 0 Å². The lowest BCUT2D eigenvalue weighted by Gasteiger charge is -2.33. The van der Waals surface area contributed by atoms with Gasteiger partial charge in [-0.2, -0.15) is 0 Å². The molecule has 1 saturated carbocycles. The maximum atomic E-state index is 14.1. The van der Waals surface area contributed by atoms with Gasteiger partial charge in [0, 0.05) is 17.6 Å². The first-order valence-corrected chi connectivity index (χ1v) is 15.5. The summed E-state index contributed by atoms with van der Waals surface area (Å²) in [6.45, 7) is 3.30. The van der Waals surface area contributed by atoms with Crippen LogP contribution in [0.5, 0.6) is 0 Å². The lowest BCUT2D eigenvalue weighted by atomic mass is 10.1. The number of sulfonamides is 1. The van der Waals surface area contributed by atoms with Crippen molar-refractivity contribution in [3.8, 4) is 0 Å². The van der Waals surface area contributed by atoms with Crippen molar-refractivity contribution in [1.29, 1.82) is 0 Å². The minimum absolute atomic E-state index is 0.0879. The zero-order chi connectivity index (χ0) is 28.7. The van der Waals surface area contributed by atoms with Gasteiger partial charge in [0.1, 0.15) is 12.6 Å². The Balaban J connectivity index is 1.70. The maximum Gasteiger partial charge on any atom is 0.264 e. The molecule has 0 aliphatic heterocycles. The number of anilines is 1. The molecule has 0 heterocycles. The average molecular weight is 582 g/mol. The number of amides is 2. The van der Waals surface area contributed by atoms with E-state index in [1.54, 1.807) is 61.5 Å². The fourth-order valence-electron chi connectivity index (χ4n) is 5.05. The van der Waals surface area contributed by atoms with Gasteiger partial charge in [-0.15, -0.1) is 0 Å². The minimum atomic E-state index is -4.09. The molecule has 3 aromatic rings. The minimum Gasteiger partial charge on any atom is -0.352 e. The van der Waals surface area contributed by atoms with E-state index in [9.17, 15) is 18.0 Å². The second-order valence-corrected chi connectivity index (χ2v) is 12.4. The SMILES string of the molecule is CCc1ccccc1N(CC(=O)N(Cc1ccc(Cl)cc1)[C@@H](C)C(=O)NC1CCCC1)S(=O)(=O)c1ccccc1. The molecule has 0 aromatic heterocycles. The number of para-hydroxylation sites is 1. The van der Waals surface area contributed by atoms with Gasteiger partial charge in [-0.1, -0.05) is 79.9 Å². The smallest absolute Gasteiger partial charge is 0.264 e. The van der Waals surface area contributed by atoms with Crippen molar-refractivity contribution in [3.63, 3.8) is 0 Å². The van der Waals surface area contributed by atoms with E-state index in [4.69, 9.17) is 11.6 Å². The number of carbonyl (C=O) groups is 2. The summed E-state index contributed by atoms with van der Waals surface area (Å²) in [5.74, 6) is -0.727. The Kier molecular flexibility index (Phi) is 9.87. The average Bonchev–Trinajstić information content (AvgIpc) is 3.48. The topological polar surface area (TPSA) is 86.8 Å². The Morgan fingerprint density at radius 1 is 0.950 bits per heavy atom. The molecular formula is C31H36ClN3O4S. The van der Waals surface area contributed by atoms with E-state index in [1.807, 2.05) is 19.1 Å². The normalized spacial score (nSPS) is 14.5. The maximum absolute atomic E-state index is 14.1. The lowest BCUT2D eigenvalue weighted by Crippen LogP contribution is -2.52. The van der Waals surface area contributed by atoms with Crippen molar-refractivity contribution in [3.05, 3.63) is 95.0 Å². The number of benzene rings is 3. The number of aryl methyl sites for hydroxylation is 1. The quantitative estimate of drug-likeness (QED) is 0.320. The van der Waals surface area contributed by atoms with Crippen molar-refractivity contribution in [2.45, 2.75) is 69.5 Å². The first-order valence-electron chi connectivity index (χ1n) is 13.7. The van der Waals surface area contributed by atoms with Crippen LogP contribution < -0.4 is 9.62 Å². The van der Waals surface area contributed by atoms with E-state index in [0.29, 0.717) is 17.1 Å². The van der Waals surface area contributed by atoms with E-state index in [2.05, 4.69) is 5.32 Å². The first kappa shape index (κ1) is 29.6. The molecule has 1 aliphatic carbocycles. The molecule has 0 unspecified atom stereocenters. The number of rotatable bonds is 11. The summed E-state index contributed by atoms with van der Waals surface area (Å²) < 4.78 is 29.1. The van der Waals surface area contributed by atoms with Crippen LogP contribution in [0.3, 0.4) is 0 Å². The number of halogens is 1. The van der Waals surface area contributed by atoms with Crippen LogP contribution in [0.1, 0.15) is 50.7 Å². The molecule has 0 saturated heterocycles. The second kappa shape index (κ2) is 13.3. The molecule has 1 fully saturated rings. The molecule has 0 radical (unpaired) electrons. The molecule has 40 heavy (non-hydrogen) atoms. The molecule has 3 aromatic carbocycles. The summed E-state index contributed by atoms with van der Waals surface area (Å²) in [7, 11) is -4.09. The predicted molar refractivity (Wildman–Crippen MR) is 159 cm³/mol. The molecule has 1 N–H and O–H groups in total. The highest BCUT2D eigenvalue weighted by Crippen LogP contribution is 2.28. The molecule has 1 aliphatic rings. The summed E-state index contributed by atoms with van der Waals surface area (Å²) in [5.41, 5.74) is 2.02. The summed E-state index contributed by atoms with van der Waals surface area (Å²) in [4.78, 5) is 28.9. The molecule has 4 rings (SSSR count). The molecular weight excluding hydrogens is 546 g/mol. The van der Waals surface area contributed by atoms with Gasteiger partial charge in [0.25, 0.3) is 10.0 Å². The third kappa shape index (κ3) is 7.04. The molecule has 0 bridgehead atoms. The van der Waals surface area contributed by atoms with Crippen LogP contribution >= 0.6 is 11.6 Å². The molecule has 212 valence electrons. The van der Waals surface area contributed by atoms with E-state index >= 15 is 0 Å². The second-order valence-electron chi connectivity index (χ2n) is 10.1. The molecule has 7 nitrogen and oxygen atoms in total. The fraction of sp³-hybridized carbons (Fsp3) is 0.355. The molecule has 2 amide bonds. The van der Waals surface area contributed by atoms with Gasteiger partial charge in [-0.3, -0.25) is 13.9 Å². The Morgan fingerprint density at radius 2 is 1.57 bits per heavy atom. The zero-order valence-corrected chi connectivity index (χ0v) is 24.5. The van der Waals surface area contributed by atoms with Gasteiger partial charge in [0.2, 0.25) is 11.8 Å². The summed E-state index contributed by atoms with van der Waals surface area (Å²) in [6, 6.07) is 21.6. The van der Waals surface area contributed by atoms with Crippen molar-refractivity contribution in [1.82, 2.24) is 10.2 Å². The van der Waals surface area contributed by atoms with E-state index in [-0.39, 0.29) is 23.4 Å². The molecule has 0 spiro atoms. The van der Waals surface area contributed by atoms with E-state index < -0.39 is 28.5 Å². The van der Waals surface area contributed by atoms with Crippen LogP contribution in [0.4, 0.5) is 5.69 Å². The Labute approximate surface area is 242 Å². The van der Waals surface area contributed by atoms with Gasteiger partial charge in [-0.05, 0) is 67.6 Å². The van der Waals surface area contributed by atoms with Gasteiger partial charge in [0.05, 0.1) is 10.6 Å². The van der Waals surface area contributed by atoms with Crippen molar-refractivity contribution in [2.24, 2.45) is 0 Å². The monoisotopic (exact) mass is 581 g/mol. The number of nitrogens with one attached hydrogen (secondary N) is 1. The summed E-state index contributed by atoms with van der Waals surface area (Å²) in [6.07, 6.45) is 4.55. The first-order chi connectivity index (χ1) is 19.2. The van der Waals surface area contributed by atoms with Crippen LogP contribution in [0.15, 0.2) is 83.8 Å². The Morgan fingerprint density at radius 3 is 2.23 bits per heavy atom. The predicted octanol–water partition coefficient (Wildman–Crippen LogP) is 5.57. The van der Waals surface area contributed by atoms with E-state index in [1.165, 1.54) is 21.3 Å². The summed E-state index contributed by atoms with van der Waals surface area (Å²) >= 11 is 6.07. The third-order valence-corrected chi connectivity index (χ3v) is 9.41. The Hall–Kier alpha value is -3.36. The van der Waals surface area contributed by atoms with Gasteiger partial charge >= 0.3 is 0 Å². The van der Waals surface area contributed by atoms with Gasteiger partial charge in [0.15, 0.2) is 0 Å². The van der Waals surface area contributed by atoms with Gasteiger partial charge < -0.3 is 10.2 Å². The van der Waals surface area contributed by atoms with Crippen LogP contribution in [0, 0.1) is 0 Å². The van der Waals surface area contributed by atoms with Crippen LogP contribution in [-0.4, -0.2) is 43.8 Å². The highest BCUT2D eigenvalue weighted by molar-refractivity contribution is 7.92. The fourth-order valence-corrected chi connectivity index (χ4v) is 6.65. The van der Waals surface area contributed by atoms with Crippen molar-refractivity contribution < 1.29 is 18.0 Å². The van der Waals surface area contributed by atoms with E-state index in [0.717, 1.165) is 36.8 Å². The largest absolute Gasteiger partial charge is 0.352 e. The number of hydrogen-bond acceptors (Lipinski definition) is 4. The molecule has 1 atom stereocenters. The number of nitrogens with zero attached hydrogens (tertiary/aromatic N) is 2. The highest BCUT2D eigenvalue weighted by atomic mass is 35.5. The number of carbonyl (C=O) groups excluding carboxylic acids is 2. The number of hydrogen-bond donors (Lipinski definition) is 1. The highest BCUT2D eigenvalue weighted by Gasteiger charge is 2.34. The van der Waals surface area contributed by atoms with Crippen molar-refractivity contribution in [2.75, 3.05) is 10.8 Å². The zero-order valence-electron chi connectivity index (χ0n) is 22.9. The third-order valence-electron chi connectivity index (χ3n) is 7.39. The van der Waals surface area contributed by atoms with Crippen molar-refractivity contribution >= 4 is 39.1 Å². The lowest BCUT2D eigenvalue weighted by molar-refractivity contribution is -0.139.